The second kappa shape index (κ2) is 9.31. The van der Waals surface area contributed by atoms with Crippen LogP contribution in [0.1, 0.15) is 24.2 Å². The van der Waals surface area contributed by atoms with Crippen LogP contribution in [0, 0.1) is 0 Å². The number of nitrogens with one attached hydrogen (secondary N) is 1. The lowest BCUT2D eigenvalue weighted by Crippen LogP contribution is -2.50. The molecule has 2 amide bonds. The SMILES string of the molecule is CCN(c1nc2ccc(Cl)cc2[nH]1)c1ncnc2cc(C(=O)N3CCN(C(C)=O)CC3)c(Cl)cc12. The van der Waals surface area contributed by atoms with E-state index in [9.17, 15) is 9.59 Å². The van der Waals surface area contributed by atoms with Gasteiger partial charge in [-0.05, 0) is 37.3 Å². The number of aromatic amines is 1. The Bertz CT molecular complexity index is 1450. The van der Waals surface area contributed by atoms with Crippen LogP contribution in [0.4, 0.5) is 11.8 Å². The number of amides is 2. The molecule has 180 valence electrons. The van der Waals surface area contributed by atoms with Crippen molar-refractivity contribution in [2.24, 2.45) is 0 Å². The van der Waals surface area contributed by atoms with Crippen molar-refractivity contribution in [3.63, 3.8) is 0 Å². The summed E-state index contributed by atoms with van der Waals surface area (Å²) in [6, 6.07) is 8.91. The normalized spacial score (nSPS) is 14.1. The number of piperazine rings is 1. The summed E-state index contributed by atoms with van der Waals surface area (Å²) in [7, 11) is 0. The Morgan fingerprint density at radius 1 is 1.03 bits per heavy atom. The molecule has 1 aliphatic rings. The molecule has 9 nitrogen and oxygen atoms in total. The number of aromatic nitrogens is 4. The van der Waals surface area contributed by atoms with Crippen LogP contribution < -0.4 is 4.90 Å². The van der Waals surface area contributed by atoms with Gasteiger partial charge in [0.25, 0.3) is 5.91 Å². The van der Waals surface area contributed by atoms with Crippen LogP contribution >= 0.6 is 23.2 Å². The molecule has 1 saturated heterocycles. The summed E-state index contributed by atoms with van der Waals surface area (Å²) in [5.74, 6) is 1.07. The fourth-order valence-electron chi connectivity index (χ4n) is 4.33. The van der Waals surface area contributed by atoms with Gasteiger partial charge in [-0.25, -0.2) is 15.0 Å². The minimum atomic E-state index is -0.179. The minimum absolute atomic E-state index is 0.0121. The molecule has 35 heavy (non-hydrogen) atoms. The van der Waals surface area contributed by atoms with Gasteiger partial charge in [0.05, 0.1) is 27.1 Å². The van der Waals surface area contributed by atoms with Crippen molar-refractivity contribution < 1.29 is 9.59 Å². The number of carbonyl (C=O) groups excluding carboxylic acids is 2. The number of imidazole rings is 1. The molecule has 1 aliphatic heterocycles. The van der Waals surface area contributed by atoms with Crippen molar-refractivity contribution in [2.45, 2.75) is 13.8 Å². The third kappa shape index (κ3) is 4.37. The van der Waals surface area contributed by atoms with Crippen LogP contribution in [-0.4, -0.2) is 74.3 Å². The van der Waals surface area contributed by atoms with Gasteiger partial charge in [-0.2, -0.15) is 0 Å². The van der Waals surface area contributed by atoms with E-state index >= 15 is 0 Å². The van der Waals surface area contributed by atoms with Gasteiger partial charge in [0.2, 0.25) is 11.9 Å². The number of benzene rings is 2. The standard InChI is InChI=1S/C24H23Cl2N7O2/c1-3-33(24-29-19-5-4-15(25)10-21(19)30-24)22-17-11-18(26)16(12-20(17)27-13-28-22)23(35)32-8-6-31(7-9-32)14(2)34/h4-5,10-13H,3,6-9H2,1-2H3,(H,29,30). The molecule has 0 bridgehead atoms. The molecule has 11 heteroatoms. The van der Waals surface area contributed by atoms with E-state index in [0.29, 0.717) is 71.0 Å². The summed E-state index contributed by atoms with van der Waals surface area (Å²) in [6.45, 7) is 6.05. The minimum Gasteiger partial charge on any atom is -0.339 e. The summed E-state index contributed by atoms with van der Waals surface area (Å²) >= 11 is 12.7. The Hall–Kier alpha value is -3.43. The summed E-state index contributed by atoms with van der Waals surface area (Å²) in [6.07, 6.45) is 1.47. The molecule has 3 heterocycles. The van der Waals surface area contributed by atoms with Gasteiger partial charge in [-0.3, -0.25) is 14.5 Å². The zero-order valence-electron chi connectivity index (χ0n) is 19.3. The molecule has 2 aromatic heterocycles. The van der Waals surface area contributed by atoms with Crippen molar-refractivity contribution >= 4 is 68.7 Å². The van der Waals surface area contributed by atoms with Crippen LogP contribution in [0.3, 0.4) is 0 Å². The number of anilines is 2. The van der Waals surface area contributed by atoms with E-state index in [2.05, 4.69) is 19.9 Å². The lowest BCUT2D eigenvalue weighted by atomic mass is 10.1. The number of hydrogen-bond acceptors (Lipinski definition) is 6. The second-order valence-electron chi connectivity index (χ2n) is 8.31. The Morgan fingerprint density at radius 2 is 1.77 bits per heavy atom. The van der Waals surface area contributed by atoms with E-state index in [-0.39, 0.29) is 11.8 Å². The number of hydrogen-bond donors (Lipinski definition) is 1. The maximum absolute atomic E-state index is 13.2. The molecular formula is C24H23Cl2N7O2. The lowest BCUT2D eigenvalue weighted by molar-refractivity contribution is -0.130. The number of rotatable bonds is 4. The average molecular weight is 512 g/mol. The van der Waals surface area contributed by atoms with E-state index in [1.54, 1.807) is 28.0 Å². The second-order valence-corrected chi connectivity index (χ2v) is 9.15. The Labute approximate surface area is 211 Å². The van der Waals surface area contributed by atoms with Crippen molar-refractivity contribution in [3.8, 4) is 0 Å². The van der Waals surface area contributed by atoms with Crippen molar-refractivity contribution in [3.05, 3.63) is 52.3 Å². The van der Waals surface area contributed by atoms with Crippen LogP contribution in [0.5, 0.6) is 0 Å². The number of fused-ring (bicyclic) bond motifs is 2. The predicted molar refractivity (Wildman–Crippen MR) is 136 cm³/mol. The molecule has 0 radical (unpaired) electrons. The largest absolute Gasteiger partial charge is 0.339 e. The molecule has 0 aliphatic carbocycles. The van der Waals surface area contributed by atoms with Crippen molar-refractivity contribution in [1.29, 1.82) is 0 Å². The third-order valence-corrected chi connectivity index (χ3v) is 6.75. The van der Waals surface area contributed by atoms with Crippen LogP contribution in [0.2, 0.25) is 10.0 Å². The molecule has 5 rings (SSSR count). The summed E-state index contributed by atoms with van der Waals surface area (Å²) < 4.78 is 0. The summed E-state index contributed by atoms with van der Waals surface area (Å²) in [4.78, 5) is 47.1. The average Bonchev–Trinajstić information content (AvgIpc) is 3.26. The van der Waals surface area contributed by atoms with Gasteiger partial charge in [0.15, 0.2) is 0 Å². The summed E-state index contributed by atoms with van der Waals surface area (Å²) in [5, 5.41) is 1.64. The van der Waals surface area contributed by atoms with Gasteiger partial charge in [0.1, 0.15) is 12.1 Å². The van der Waals surface area contributed by atoms with Crippen LogP contribution in [-0.2, 0) is 4.79 Å². The topological polar surface area (TPSA) is 98.3 Å². The highest BCUT2D eigenvalue weighted by Gasteiger charge is 2.26. The molecule has 0 saturated carbocycles. The number of carbonyl (C=O) groups is 2. The third-order valence-electron chi connectivity index (χ3n) is 6.20. The van der Waals surface area contributed by atoms with E-state index in [0.717, 1.165) is 11.0 Å². The van der Waals surface area contributed by atoms with Crippen LogP contribution in [0.15, 0.2) is 36.7 Å². The number of H-pyrrole nitrogens is 1. The quantitative estimate of drug-likeness (QED) is 0.439. The molecule has 0 spiro atoms. The monoisotopic (exact) mass is 511 g/mol. The zero-order valence-corrected chi connectivity index (χ0v) is 20.8. The molecular weight excluding hydrogens is 489 g/mol. The molecule has 1 N–H and O–H groups in total. The molecule has 0 unspecified atom stereocenters. The number of halogens is 2. The van der Waals surface area contributed by atoms with Gasteiger partial charge >= 0.3 is 0 Å². The maximum Gasteiger partial charge on any atom is 0.255 e. The van der Waals surface area contributed by atoms with Crippen LogP contribution in [0.25, 0.3) is 21.9 Å². The summed E-state index contributed by atoms with van der Waals surface area (Å²) in [5.41, 5.74) is 2.58. The zero-order chi connectivity index (χ0) is 24.7. The smallest absolute Gasteiger partial charge is 0.255 e. The fourth-order valence-corrected chi connectivity index (χ4v) is 4.75. The number of nitrogens with zero attached hydrogens (tertiary/aromatic N) is 6. The highest BCUT2D eigenvalue weighted by molar-refractivity contribution is 6.35. The van der Waals surface area contributed by atoms with E-state index in [1.165, 1.54) is 13.3 Å². The maximum atomic E-state index is 13.2. The fraction of sp³-hybridized carbons (Fsp3) is 0.292. The van der Waals surface area contributed by atoms with Gasteiger partial charge in [-0.15, -0.1) is 0 Å². The van der Waals surface area contributed by atoms with Crippen molar-refractivity contribution in [1.82, 2.24) is 29.7 Å². The van der Waals surface area contributed by atoms with Crippen molar-refractivity contribution in [2.75, 3.05) is 37.6 Å². The highest BCUT2D eigenvalue weighted by Crippen LogP contribution is 2.33. The Morgan fingerprint density at radius 3 is 2.49 bits per heavy atom. The van der Waals surface area contributed by atoms with E-state index in [4.69, 9.17) is 23.2 Å². The first-order valence-electron chi connectivity index (χ1n) is 11.3. The van der Waals surface area contributed by atoms with Gasteiger partial charge in [0, 0.05) is 50.1 Å². The first-order valence-corrected chi connectivity index (χ1v) is 12.0. The lowest BCUT2D eigenvalue weighted by Gasteiger charge is -2.34. The van der Waals surface area contributed by atoms with Gasteiger partial charge in [-0.1, -0.05) is 23.2 Å². The highest BCUT2D eigenvalue weighted by atomic mass is 35.5. The van der Waals surface area contributed by atoms with E-state index < -0.39 is 0 Å². The molecule has 4 aromatic rings. The van der Waals surface area contributed by atoms with Gasteiger partial charge < -0.3 is 14.8 Å². The predicted octanol–water partition coefficient (Wildman–Crippen LogP) is 4.28. The molecule has 2 aromatic carbocycles. The Balaban J connectivity index is 1.49. The first kappa shape index (κ1) is 23.3. The molecule has 1 fully saturated rings. The van der Waals surface area contributed by atoms with E-state index in [1.807, 2.05) is 24.0 Å². The first-order chi connectivity index (χ1) is 16.9. The Kier molecular flexibility index (Phi) is 6.21. The molecule has 0 atom stereocenters.